The van der Waals surface area contributed by atoms with E-state index in [1.54, 1.807) is 18.3 Å². The van der Waals surface area contributed by atoms with Gasteiger partial charge in [-0.3, -0.25) is 9.88 Å². The molecule has 1 saturated heterocycles. The van der Waals surface area contributed by atoms with Crippen molar-refractivity contribution in [2.75, 3.05) is 19.8 Å². The second kappa shape index (κ2) is 5.94. The molecule has 1 saturated carbocycles. The van der Waals surface area contributed by atoms with Crippen molar-refractivity contribution in [2.45, 2.75) is 31.8 Å². The summed E-state index contributed by atoms with van der Waals surface area (Å²) < 4.78 is 19.4. The zero-order chi connectivity index (χ0) is 14.9. The van der Waals surface area contributed by atoms with Crippen molar-refractivity contribution in [1.29, 1.82) is 0 Å². The molecular formula is C18H21FN2O. The fourth-order valence-electron chi connectivity index (χ4n) is 3.38. The summed E-state index contributed by atoms with van der Waals surface area (Å²) in [6.07, 6.45) is 5.46. The van der Waals surface area contributed by atoms with Crippen LogP contribution in [0.5, 0.6) is 0 Å². The van der Waals surface area contributed by atoms with E-state index in [1.807, 2.05) is 12.1 Å². The summed E-state index contributed by atoms with van der Waals surface area (Å²) in [4.78, 5) is 6.96. The van der Waals surface area contributed by atoms with Gasteiger partial charge in [-0.25, -0.2) is 4.39 Å². The van der Waals surface area contributed by atoms with E-state index in [-0.39, 0.29) is 5.82 Å². The second-order valence-electron chi connectivity index (χ2n) is 6.50. The highest BCUT2D eigenvalue weighted by molar-refractivity contribution is 5.82. The topological polar surface area (TPSA) is 25.4 Å². The lowest BCUT2D eigenvalue weighted by Crippen LogP contribution is -2.31. The van der Waals surface area contributed by atoms with Crippen LogP contribution < -0.4 is 0 Å². The third kappa shape index (κ3) is 2.85. The van der Waals surface area contributed by atoms with Crippen LogP contribution in [0.2, 0.25) is 0 Å². The quantitative estimate of drug-likeness (QED) is 0.846. The van der Waals surface area contributed by atoms with Crippen molar-refractivity contribution in [3.8, 4) is 0 Å². The SMILES string of the molecule is Fc1ccc(CN(CC2CCOC2)C2CC2)c2ncccc12. The summed E-state index contributed by atoms with van der Waals surface area (Å²) >= 11 is 0. The largest absolute Gasteiger partial charge is 0.381 e. The summed E-state index contributed by atoms with van der Waals surface area (Å²) in [6, 6.07) is 7.76. The highest BCUT2D eigenvalue weighted by Gasteiger charge is 2.32. The smallest absolute Gasteiger partial charge is 0.132 e. The van der Waals surface area contributed by atoms with Gasteiger partial charge in [0, 0.05) is 37.3 Å². The maximum Gasteiger partial charge on any atom is 0.132 e. The number of benzene rings is 1. The van der Waals surface area contributed by atoms with Crippen LogP contribution in [0.25, 0.3) is 10.9 Å². The molecule has 2 fully saturated rings. The van der Waals surface area contributed by atoms with Crippen molar-refractivity contribution < 1.29 is 9.13 Å². The highest BCUT2D eigenvalue weighted by Crippen LogP contribution is 2.31. The predicted octanol–water partition coefficient (Wildman–Crippen LogP) is 3.37. The Labute approximate surface area is 130 Å². The fourth-order valence-corrected chi connectivity index (χ4v) is 3.38. The summed E-state index contributed by atoms with van der Waals surface area (Å²) in [5.74, 6) is 0.453. The molecule has 116 valence electrons. The maximum atomic E-state index is 13.9. The molecular weight excluding hydrogens is 279 g/mol. The molecule has 1 aliphatic carbocycles. The number of hydrogen-bond acceptors (Lipinski definition) is 3. The molecule has 0 spiro atoms. The van der Waals surface area contributed by atoms with Crippen molar-refractivity contribution in [3.63, 3.8) is 0 Å². The lowest BCUT2D eigenvalue weighted by atomic mass is 10.1. The molecule has 2 heterocycles. The Morgan fingerprint density at radius 2 is 2.14 bits per heavy atom. The minimum absolute atomic E-state index is 0.186. The van der Waals surface area contributed by atoms with E-state index in [2.05, 4.69) is 9.88 Å². The first-order valence-corrected chi connectivity index (χ1v) is 8.15. The van der Waals surface area contributed by atoms with Crippen molar-refractivity contribution in [3.05, 3.63) is 41.8 Å². The molecule has 2 aliphatic rings. The third-order valence-corrected chi connectivity index (χ3v) is 4.75. The molecule has 0 N–H and O–H groups in total. The monoisotopic (exact) mass is 300 g/mol. The number of hydrogen-bond donors (Lipinski definition) is 0. The molecule has 0 radical (unpaired) electrons. The van der Waals surface area contributed by atoms with E-state index in [1.165, 1.54) is 12.8 Å². The van der Waals surface area contributed by atoms with Gasteiger partial charge in [0.2, 0.25) is 0 Å². The second-order valence-corrected chi connectivity index (χ2v) is 6.50. The molecule has 1 aromatic carbocycles. The van der Waals surface area contributed by atoms with Crippen LogP contribution in [-0.4, -0.2) is 35.7 Å². The first kappa shape index (κ1) is 14.1. The van der Waals surface area contributed by atoms with Gasteiger partial charge in [0.1, 0.15) is 5.82 Å². The summed E-state index contributed by atoms with van der Waals surface area (Å²) in [7, 11) is 0. The van der Waals surface area contributed by atoms with E-state index in [4.69, 9.17) is 4.74 Å². The van der Waals surface area contributed by atoms with Gasteiger partial charge in [0.15, 0.2) is 0 Å². The highest BCUT2D eigenvalue weighted by atomic mass is 19.1. The molecule has 4 heteroatoms. The first-order valence-electron chi connectivity index (χ1n) is 8.15. The number of ether oxygens (including phenoxy) is 1. The number of halogens is 1. The molecule has 1 unspecified atom stereocenters. The van der Waals surface area contributed by atoms with E-state index >= 15 is 0 Å². The molecule has 1 aromatic heterocycles. The molecule has 1 aliphatic heterocycles. The van der Waals surface area contributed by atoms with Crippen LogP contribution in [0, 0.1) is 11.7 Å². The van der Waals surface area contributed by atoms with Crippen molar-refractivity contribution in [1.82, 2.24) is 9.88 Å². The van der Waals surface area contributed by atoms with E-state index in [9.17, 15) is 4.39 Å². The molecule has 2 aromatic rings. The minimum Gasteiger partial charge on any atom is -0.381 e. The first-order chi connectivity index (χ1) is 10.8. The van der Waals surface area contributed by atoms with Gasteiger partial charge in [-0.1, -0.05) is 6.07 Å². The molecule has 22 heavy (non-hydrogen) atoms. The van der Waals surface area contributed by atoms with E-state index < -0.39 is 0 Å². The average Bonchev–Trinajstić information content (AvgIpc) is 3.27. The Morgan fingerprint density at radius 3 is 2.91 bits per heavy atom. The number of fused-ring (bicyclic) bond motifs is 1. The Bertz CT molecular complexity index is 665. The Balaban J connectivity index is 1.59. The van der Waals surface area contributed by atoms with Crippen molar-refractivity contribution in [2.24, 2.45) is 5.92 Å². The number of rotatable bonds is 5. The minimum atomic E-state index is -0.186. The van der Waals surface area contributed by atoms with Crippen LogP contribution in [0.1, 0.15) is 24.8 Å². The molecule has 0 bridgehead atoms. The standard InChI is InChI=1S/C18H21FN2O/c19-17-6-3-14(18-16(17)2-1-8-20-18)11-21(15-4-5-15)10-13-7-9-22-12-13/h1-3,6,8,13,15H,4-5,7,9-12H2. The Morgan fingerprint density at radius 1 is 1.23 bits per heavy atom. The van der Waals surface area contributed by atoms with Gasteiger partial charge >= 0.3 is 0 Å². The van der Waals surface area contributed by atoms with Gasteiger partial charge < -0.3 is 4.74 Å². The fraction of sp³-hybridized carbons (Fsp3) is 0.500. The van der Waals surface area contributed by atoms with Gasteiger partial charge in [-0.05, 0) is 48.9 Å². The molecule has 1 atom stereocenters. The molecule has 0 amide bonds. The zero-order valence-corrected chi connectivity index (χ0v) is 12.7. The van der Waals surface area contributed by atoms with E-state index in [0.717, 1.165) is 43.8 Å². The zero-order valence-electron chi connectivity index (χ0n) is 12.7. The van der Waals surface area contributed by atoms with Crippen LogP contribution >= 0.6 is 0 Å². The predicted molar refractivity (Wildman–Crippen MR) is 84.1 cm³/mol. The van der Waals surface area contributed by atoms with Crippen molar-refractivity contribution >= 4 is 10.9 Å². The summed E-state index contributed by atoms with van der Waals surface area (Å²) in [5, 5.41) is 0.625. The van der Waals surface area contributed by atoms with Gasteiger partial charge in [-0.15, -0.1) is 0 Å². The number of aromatic nitrogens is 1. The summed E-state index contributed by atoms with van der Waals surface area (Å²) in [6.45, 7) is 3.71. The normalized spacial score (nSPS) is 21.8. The van der Waals surface area contributed by atoms with Crippen LogP contribution in [0.15, 0.2) is 30.5 Å². The average molecular weight is 300 g/mol. The van der Waals surface area contributed by atoms with E-state index in [0.29, 0.717) is 17.3 Å². The number of pyridine rings is 1. The van der Waals surface area contributed by atoms with Gasteiger partial charge in [0.05, 0.1) is 12.1 Å². The molecule has 3 nitrogen and oxygen atoms in total. The lowest BCUT2D eigenvalue weighted by molar-refractivity contribution is 0.161. The Hall–Kier alpha value is -1.52. The van der Waals surface area contributed by atoms with Crippen LogP contribution in [0.3, 0.4) is 0 Å². The summed E-state index contributed by atoms with van der Waals surface area (Å²) in [5.41, 5.74) is 1.93. The van der Waals surface area contributed by atoms with Crippen LogP contribution in [-0.2, 0) is 11.3 Å². The third-order valence-electron chi connectivity index (χ3n) is 4.75. The lowest BCUT2D eigenvalue weighted by Gasteiger charge is -2.25. The van der Waals surface area contributed by atoms with Gasteiger partial charge in [-0.2, -0.15) is 0 Å². The maximum absolute atomic E-state index is 13.9. The van der Waals surface area contributed by atoms with Gasteiger partial charge in [0.25, 0.3) is 0 Å². The number of nitrogens with zero attached hydrogens (tertiary/aromatic N) is 2. The van der Waals surface area contributed by atoms with Crippen LogP contribution in [0.4, 0.5) is 4.39 Å². The Kier molecular flexibility index (Phi) is 3.80. The molecule has 4 rings (SSSR count).